The van der Waals surface area contributed by atoms with Gasteiger partial charge < -0.3 is 36.8 Å². The lowest BCUT2D eigenvalue weighted by atomic mass is 10.1. The zero-order valence-corrected chi connectivity index (χ0v) is 17.5. The molecular formula is C18H31N5O7. The first-order valence-corrected chi connectivity index (χ1v) is 9.74. The number of aliphatic hydroxyl groups is 1. The molecule has 12 heteroatoms. The maximum Gasteiger partial charge on any atom is 0.325 e. The van der Waals surface area contributed by atoms with Crippen LogP contribution in [0.3, 0.4) is 0 Å². The Morgan fingerprint density at radius 3 is 1.93 bits per heavy atom. The summed E-state index contributed by atoms with van der Waals surface area (Å²) in [6.07, 6.45) is -0.0942. The van der Waals surface area contributed by atoms with Crippen LogP contribution in [0, 0.1) is 0 Å². The fraction of sp³-hybridized carbons (Fsp3) is 0.722. The highest BCUT2D eigenvalue weighted by Gasteiger charge is 2.38. The van der Waals surface area contributed by atoms with Crippen molar-refractivity contribution < 1.29 is 34.2 Å². The van der Waals surface area contributed by atoms with Crippen molar-refractivity contribution in [2.75, 3.05) is 6.54 Å². The second-order valence-corrected chi connectivity index (χ2v) is 7.49. The van der Waals surface area contributed by atoms with E-state index in [1.54, 1.807) is 0 Å². The summed E-state index contributed by atoms with van der Waals surface area (Å²) >= 11 is 0. The van der Waals surface area contributed by atoms with Crippen LogP contribution in [0.15, 0.2) is 0 Å². The van der Waals surface area contributed by atoms with Gasteiger partial charge in [-0.3, -0.25) is 24.0 Å². The number of carbonyl (C=O) groups excluding carboxylic acids is 4. The molecule has 30 heavy (non-hydrogen) atoms. The van der Waals surface area contributed by atoms with Gasteiger partial charge in [-0.1, -0.05) is 0 Å². The summed E-state index contributed by atoms with van der Waals surface area (Å²) in [6.45, 7) is 5.78. The molecule has 1 rings (SSSR count). The topological polar surface area (TPSA) is 191 Å². The Balaban J connectivity index is 2.64. The molecule has 0 spiro atoms. The average Bonchev–Trinajstić information content (AvgIpc) is 3.16. The zero-order chi connectivity index (χ0) is 23.2. The number of likely N-dealkylation sites (tertiary alicyclic amines) is 1. The van der Waals surface area contributed by atoms with Crippen LogP contribution in [-0.2, 0) is 24.0 Å². The SMILES string of the molecule is CC(NC(=O)C(C)NC(=O)C(C)NC(=O)C1CCCN1C(=O)C(N)C(C)O)C(=O)O. The minimum atomic E-state index is -1.21. The number of nitrogens with one attached hydrogen (secondary N) is 3. The van der Waals surface area contributed by atoms with E-state index >= 15 is 0 Å². The lowest BCUT2D eigenvalue weighted by Crippen LogP contribution is -2.57. The standard InChI is InChI=1S/C18H31N5O7/c1-8(15(26)22-10(3)18(29)30)20-14(25)9(2)21-16(27)12-6-5-7-23(12)17(28)13(19)11(4)24/h8-13,24H,5-7,19H2,1-4H3,(H,20,25)(H,21,27)(H,22,26)(H,29,30). The van der Waals surface area contributed by atoms with Crippen molar-refractivity contribution in [3.05, 3.63) is 0 Å². The monoisotopic (exact) mass is 429 g/mol. The summed E-state index contributed by atoms with van der Waals surface area (Å²) in [7, 11) is 0. The van der Waals surface area contributed by atoms with Gasteiger partial charge in [-0.25, -0.2) is 0 Å². The maximum atomic E-state index is 12.6. The Bertz CT molecular complexity index is 684. The third-order valence-electron chi connectivity index (χ3n) is 4.88. The van der Waals surface area contributed by atoms with Crippen molar-refractivity contribution in [2.45, 2.75) is 76.8 Å². The number of hydrogen-bond donors (Lipinski definition) is 6. The number of amides is 4. The molecule has 170 valence electrons. The minimum absolute atomic E-state index is 0.316. The molecule has 0 aliphatic carbocycles. The first-order valence-electron chi connectivity index (χ1n) is 9.74. The van der Waals surface area contributed by atoms with E-state index in [1.807, 2.05) is 0 Å². The predicted octanol–water partition coefficient (Wildman–Crippen LogP) is -2.72. The van der Waals surface area contributed by atoms with Crippen LogP contribution >= 0.6 is 0 Å². The molecule has 1 heterocycles. The first kappa shape index (κ1) is 25.3. The number of carboxylic acids is 1. The van der Waals surface area contributed by atoms with Gasteiger partial charge in [0.15, 0.2) is 0 Å². The molecule has 0 aromatic rings. The highest BCUT2D eigenvalue weighted by atomic mass is 16.4. The molecule has 0 aromatic carbocycles. The Kier molecular flexibility index (Phi) is 9.18. The normalized spacial score (nSPS) is 21.0. The van der Waals surface area contributed by atoms with Crippen LogP contribution in [0.25, 0.3) is 0 Å². The van der Waals surface area contributed by atoms with E-state index in [4.69, 9.17) is 10.8 Å². The molecule has 0 aromatic heterocycles. The second-order valence-electron chi connectivity index (χ2n) is 7.49. The number of aliphatic hydroxyl groups excluding tert-OH is 1. The highest BCUT2D eigenvalue weighted by Crippen LogP contribution is 2.19. The van der Waals surface area contributed by atoms with Crippen molar-refractivity contribution in [3.63, 3.8) is 0 Å². The van der Waals surface area contributed by atoms with Crippen LogP contribution in [0.4, 0.5) is 0 Å². The van der Waals surface area contributed by atoms with Crippen molar-refractivity contribution in [1.29, 1.82) is 0 Å². The number of aliphatic carboxylic acids is 1. The summed E-state index contributed by atoms with van der Waals surface area (Å²) in [5.41, 5.74) is 5.68. The molecule has 7 N–H and O–H groups in total. The number of carbonyl (C=O) groups is 5. The molecule has 12 nitrogen and oxygen atoms in total. The molecule has 0 saturated carbocycles. The fourth-order valence-electron chi connectivity index (χ4n) is 2.88. The van der Waals surface area contributed by atoms with Crippen LogP contribution in [0.1, 0.15) is 40.5 Å². The number of carboxylic acid groups (broad SMARTS) is 1. The van der Waals surface area contributed by atoms with E-state index in [1.165, 1.54) is 32.6 Å². The number of rotatable bonds is 9. The third kappa shape index (κ3) is 6.66. The summed E-state index contributed by atoms with van der Waals surface area (Å²) in [4.78, 5) is 61.2. The van der Waals surface area contributed by atoms with Gasteiger partial charge >= 0.3 is 5.97 Å². The minimum Gasteiger partial charge on any atom is -0.480 e. The van der Waals surface area contributed by atoms with E-state index in [9.17, 15) is 29.1 Å². The lowest BCUT2D eigenvalue weighted by molar-refractivity contribution is -0.142. The fourth-order valence-corrected chi connectivity index (χ4v) is 2.88. The van der Waals surface area contributed by atoms with Crippen molar-refractivity contribution in [3.8, 4) is 0 Å². The van der Waals surface area contributed by atoms with E-state index in [0.29, 0.717) is 19.4 Å². The van der Waals surface area contributed by atoms with E-state index in [-0.39, 0.29) is 0 Å². The molecule has 4 amide bonds. The Hall–Kier alpha value is -2.73. The maximum absolute atomic E-state index is 12.6. The van der Waals surface area contributed by atoms with Crippen molar-refractivity contribution >= 4 is 29.6 Å². The molecule has 1 aliphatic rings. The van der Waals surface area contributed by atoms with Gasteiger partial charge in [-0.2, -0.15) is 0 Å². The van der Waals surface area contributed by atoms with Gasteiger partial charge in [0.05, 0.1) is 6.10 Å². The lowest BCUT2D eigenvalue weighted by Gasteiger charge is -2.28. The predicted molar refractivity (Wildman–Crippen MR) is 105 cm³/mol. The first-order chi connectivity index (χ1) is 13.9. The highest BCUT2D eigenvalue weighted by molar-refractivity contribution is 5.95. The Morgan fingerprint density at radius 2 is 1.43 bits per heavy atom. The van der Waals surface area contributed by atoms with E-state index in [2.05, 4.69) is 16.0 Å². The molecular weight excluding hydrogens is 398 g/mol. The molecule has 6 unspecified atom stereocenters. The van der Waals surface area contributed by atoms with Crippen LogP contribution in [-0.4, -0.2) is 87.6 Å². The van der Waals surface area contributed by atoms with Crippen molar-refractivity contribution in [2.24, 2.45) is 5.73 Å². The molecule has 0 radical (unpaired) electrons. The molecule has 1 aliphatic heterocycles. The summed E-state index contributed by atoms with van der Waals surface area (Å²) in [5.74, 6) is -3.63. The molecule has 1 saturated heterocycles. The summed E-state index contributed by atoms with van der Waals surface area (Å²) in [5, 5.41) is 25.5. The number of hydrogen-bond acceptors (Lipinski definition) is 7. The van der Waals surface area contributed by atoms with E-state index in [0.717, 1.165) is 0 Å². The largest absolute Gasteiger partial charge is 0.480 e. The smallest absolute Gasteiger partial charge is 0.325 e. The van der Waals surface area contributed by atoms with Crippen LogP contribution in [0.5, 0.6) is 0 Å². The Labute approximate surface area is 174 Å². The molecule has 1 fully saturated rings. The molecule has 0 bridgehead atoms. The van der Waals surface area contributed by atoms with Crippen LogP contribution in [0.2, 0.25) is 0 Å². The Morgan fingerprint density at radius 1 is 0.933 bits per heavy atom. The van der Waals surface area contributed by atoms with Gasteiger partial charge in [0.1, 0.15) is 30.2 Å². The number of nitrogens with zero attached hydrogens (tertiary/aromatic N) is 1. The van der Waals surface area contributed by atoms with Crippen LogP contribution < -0.4 is 21.7 Å². The van der Waals surface area contributed by atoms with Gasteiger partial charge in [0, 0.05) is 6.54 Å². The average molecular weight is 429 g/mol. The quantitative estimate of drug-likeness (QED) is 0.228. The van der Waals surface area contributed by atoms with Gasteiger partial charge in [-0.05, 0) is 40.5 Å². The van der Waals surface area contributed by atoms with Crippen molar-refractivity contribution in [1.82, 2.24) is 20.9 Å². The summed E-state index contributed by atoms with van der Waals surface area (Å²) < 4.78 is 0. The second kappa shape index (κ2) is 10.9. The number of nitrogens with two attached hydrogens (primary N) is 1. The van der Waals surface area contributed by atoms with Gasteiger partial charge in [0.25, 0.3) is 0 Å². The van der Waals surface area contributed by atoms with Gasteiger partial charge in [-0.15, -0.1) is 0 Å². The van der Waals surface area contributed by atoms with Gasteiger partial charge in [0.2, 0.25) is 23.6 Å². The summed E-state index contributed by atoms with van der Waals surface area (Å²) in [6, 6.07) is -5.10. The molecule has 6 atom stereocenters. The zero-order valence-electron chi connectivity index (χ0n) is 17.5. The van der Waals surface area contributed by atoms with E-state index < -0.39 is 65.9 Å². The third-order valence-corrected chi connectivity index (χ3v) is 4.88.